The highest BCUT2D eigenvalue weighted by molar-refractivity contribution is 6.33. The van der Waals surface area contributed by atoms with Crippen LogP contribution in [0.2, 0.25) is 5.02 Å². The molecule has 1 N–H and O–H groups in total. The predicted molar refractivity (Wildman–Crippen MR) is 86.9 cm³/mol. The number of benzene rings is 1. The smallest absolute Gasteiger partial charge is 0.289 e. The van der Waals surface area contributed by atoms with Crippen molar-refractivity contribution in [1.29, 1.82) is 0 Å². The number of rotatable bonds is 3. The van der Waals surface area contributed by atoms with Gasteiger partial charge in [-0.05, 0) is 12.1 Å². The second kappa shape index (κ2) is 5.20. The molecule has 0 spiro atoms. The van der Waals surface area contributed by atoms with Crippen LogP contribution in [0.3, 0.4) is 0 Å². The molecule has 4 rings (SSSR count). The molecule has 0 bridgehead atoms. The first-order valence-corrected chi connectivity index (χ1v) is 7.49. The summed E-state index contributed by atoms with van der Waals surface area (Å²) in [5.74, 6) is 1.79. The summed E-state index contributed by atoms with van der Waals surface area (Å²) in [5, 5.41) is 11.0. The molecule has 23 heavy (non-hydrogen) atoms. The van der Waals surface area contributed by atoms with E-state index in [0.717, 1.165) is 29.9 Å². The van der Waals surface area contributed by atoms with Gasteiger partial charge in [0.1, 0.15) is 17.8 Å². The van der Waals surface area contributed by atoms with Gasteiger partial charge in [-0.2, -0.15) is 0 Å². The van der Waals surface area contributed by atoms with Crippen molar-refractivity contribution in [3.63, 3.8) is 0 Å². The fraction of sp³-hybridized carbons (Fsp3) is 0.200. The first kappa shape index (κ1) is 14.0. The highest BCUT2D eigenvalue weighted by Gasteiger charge is 2.33. The lowest BCUT2D eigenvalue weighted by molar-refractivity contribution is -0.385. The van der Waals surface area contributed by atoms with Crippen LogP contribution in [0.4, 0.5) is 11.5 Å². The largest absolute Gasteiger partial charge is 0.354 e. The fourth-order valence-corrected chi connectivity index (χ4v) is 3.02. The van der Waals surface area contributed by atoms with Crippen molar-refractivity contribution in [1.82, 2.24) is 15.0 Å². The number of pyridine rings is 1. The zero-order valence-electron chi connectivity index (χ0n) is 11.9. The summed E-state index contributed by atoms with van der Waals surface area (Å²) in [6.07, 6.45) is 1.23. The Morgan fingerprint density at radius 3 is 2.83 bits per heavy atom. The van der Waals surface area contributed by atoms with Gasteiger partial charge in [-0.3, -0.25) is 10.1 Å². The van der Waals surface area contributed by atoms with E-state index in [-0.39, 0.29) is 11.6 Å². The lowest BCUT2D eigenvalue weighted by Crippen LogP contribution is -2.46. The molecule has 0 aliphatic carbocycles. The van der Waals surface area contributed by atoms with Gasteiger partial charge < -0.3 is 9.88 Å². The number of anilines is 1. The van der Waals surface area contributed by atoms with Crippen LogP contribution in [-0.2, 0) is 0 Å². The molecule has 0 unspecified atom stereocenters. The average Bonchev–Trinajstić information content (AvgIpc) is 2.90. The van der Waals surface area contributed by atoms with Crippen molar-refractivity contribution in [3.05, 3.63) is 57.5 Å². The molecular weight excluding hydrogens is 318 g/mol. The van der Waals surface area contributed by atoms with Gasteiger partial charge in [0.05, 0.1) is 26.9 Å². The Morgan fingerprint density at radius 1 is 1.35 bits per heavy atom. The van der Waals surface area contributed by atoms with Crippen LogP contribution in [-0.4, -0.2) is 33.0 Å². The third kappa shape index (κ3) is 2.39. The molecule has 2 aromatic heterocycles. The number of nitrogens with one attached hydrogen (secondary N) is 1. The van der Waals surface area contributed by atoms with E-state index in [2.05, 4.69) is 15.0 Å². The molecule has 1 aromatic carbocycles. The number of hydrogen-bond donors (Lipinski definition) is 1. The summed E-state index contributed by atoms with van der Waals surface area (Å²) in [6, 6.07) is 9.23. The lowest BCUT2D eigenvalue weighted by Gasteiger charge is -2.39. The summed E-state index contributed by atoms with van der Waals surface area (Å²) >= 11 is 6.11. The van der Waals surface area contributed by atoms with Crippen LogP contribution in [0.1, 0.15) is 11.7 Å². The van der Waals surface area contributed by atoms with Crippen molar-refractivity contribution in [3.8, 4) is 0 Å². The Kier molecular flexibility index (Phi) is 3.16. The number of aromatic amines is 1. The number of hydrogen-bond acceptors (Lipinski definition) is 5. The molecule has 0 radical (unpaired) electrons. The highest BCUT2D eigenvalue weighted by atomic mass is 35.5. The number of fused-ring (bicyclic) bond motifs is 1. The Labute approximate surface area is 136 Å². The maximum atomic E-state index is 10.7. The molecule has 0 amide bonds. The number of imidazole rings is 1. The molecular formula is C15H12ClN5O2. The second-order valence-corrected chi connectivity index (χ2v) is 5.90. The minimum atomic E-state index is -0.504. The van der Waals surface area contributed by atoms with Gasteiger partial charge in [-0.1, -0.05) is 23.7 Å². The maximum absolute atomic E-state index is 10.7. The molecule has 3 aromatic rings. The molecule has 0 saturated carbocycles. The molecule has 116 valence electrons. The minimum absolute atomic E-state index is 0.104. The van der Waals surface area contributed by atoms with Gasteiger partial charge in [0.15, 0.2) is 0 Å². The van der Waals surface area contributed by atoms with Gasteiger partial charge in [-0.25, -0.2) is 9.97 Å². The number of halogens is 1. The number of para-hydroxylation sites is 2. The van der Waals surface area contributed by atoms with Crippen LogP contribution in [0, 0.1) is 10.1 Å². The lowest BCUT2D eigenvalue weighted by atomic mass is 9.99. The molecule has 1 saturated heterocycles. The van der Waals surface area contributed by atoms with Gasteiger partial charge in [0, 0.05) is 19.2 Å². The third-order valence-electron chi connectivity index (χ3n) is 3.99. The number of aromatic nitrogens is 3. The second-order valence-electron chi connectivity index (χ2n) is 5.50. The van der Waals surface area contributed by atoms with Gasteiger partial charge in [0.2, 0.25) is 0 Å². The molecule has 3 heterocycles. The van der Waals surface area contributed by atoms with E-state index in [1.54, 1.807) is 0 Å². The molecule has 1 fully saturated rings. The zero-order chi connectivity index (χ0) is 16.0. The van der Waals surface area contributed by atoms with E-state index in [1.165, 1.54) is 12.3 Å². The summed E-state index contributed by atoms with van der Waals surface area (Å²) < 4.78 is 0. The topological polar surface area (TPSA) is 87.9 Å². The van der Waals surface area contributed by atoms with Crippen molar-refractivity contribution < 1.29 is 4.92 Å². The van der Waals surface area contributed by atoms with Crippen molar-refractivity contribution >= 4 is 34.1 Å². The normalized spacial score (nSPS) is 14.9. The molecule has 8 heteroatoms. The van der Waals surface area contributed by atoms with E-state index in [0.29, 0.717) is 10.8 Å². The maximum Gasteiger partial charge on any atom is 0.289 e. The van der Waals surface area contributed by atoms with Crippen LogP contribution in [0.25, 0.3) is 11.0 Å². The molecule has 7 nitrogen and oxygen atoms in total. The van der Waals surface area contributed by atoms with Crippen molar-refractivity contribution in [2.75, 3.05) is 18.0 Å². The van der Waals surface area contributed by atoms with Crippen LogP contribution < -0.4 is 4.90 Å². The summed E-state index contributed by atoms with van der Waals surface area (Å²) in [6.45, 7) is 1.45. The highest BCUT2D eigenvalue weighted by Crippen LogP contribution is 2.35. The van der Waals surface area contributed by atoms with E-state index in [9.17, 15) is 10.1 Å². The van der Waals surface area contributed by atoms with Crippen LogP contribution >= 0.6 is 11.6 Å². The SMILES string of the molecule is O=[N+]([O-])c1cnc(N2CC(c3nc4ccccc4[nH]3)C2)c(Cl)c1. The minimum Gasteiger partial charge on any atom is -0.354 e. The zero-order valence-corrected chi connectivity index (χ0v) is 12.7. The van der Waals surface area contributed by atoms with E-state index in [4.69, 9.17) is 11.6 Å². The van der Waals surface area contributed by atoms with Gasteiger partial charge in [0.25, 0.3) is 5.69 Å². The van der Waals surface area contributed by atoms with Gasteiger partial charge >= 0.3 is 0 Å². The van der Waals surface area contributed by atoms with Crippen LogP contribution in [0.5, 0.6) is 0 Å². The summed E-state index contributed by atoms with van der Waals surface area (Å²) in [7, 11) is 0. The third-order valence-corrected chi connectivity index (χ3v) is 4.27. The number of H-pyrrole nitrogens is 1. The average molecular weight is 330 g/mol. The van der Waals surface area contributed by atoms with E-state index in [1.807, 2.05) is 29.2 Å². The first-order valence-electron chi connectivity index (χ1n) is 7.11. The Hall–Kier alpha value is -2.67. The molecule has 1 aliphatic heterocycles. The first-order chi connectivity index (χ1) is 11.1. The summed E-state index contributed by atoms with van der Waals surface area (Å²) in [4.78, 5) is 24.2. The molecule has 0 atom stereocenters. The van der Waals surface area contributed by atoms with Gasteiger partial charge in [-0.15, -0.1) is 0 Å². The van der Waals surface area contributed by atoms with Crippen LogP contribution in [0.15, 0.2) is 36.5 Å². The monoisotopic (exact) mass is 329 g/mol. The standard InChI is InChI=1S/C15H12ClN5O2/c16-11-5-10(21(22)23)6-17-15(11)20-7-9(8-20)14-18-12-3-1-2-4-13(12)19-14/h1-6,9H,7-8H2,(H,18,19). The quantitative estimate of drug-likeness (QED) is 0.589. The Morgan fingerprint density at radius 2 is 2.13 bits per heavy atom. The Bertz CT molecular complexity index is 871. The van der Waals surface area contributed by atoms with E-state index < -0.39 is 4.92 Å². The Balaban J connectivity index is 1.52. The van der Waals surface area contributed by atoms with E-state index >= 15 is 0 Å². The molecule has 1 aliphatic rings. The van der Waals surface area contributed by atoms with Crippen molar-refractivity contribution in [2.24, 2.45) is 0 Å². The van der Waals surface area contributed by atoms with Crippen molar-refractivity contribution in [2.45, 2.75) is 5.92 Å². The number of nitrogens with zero attached hydrogens (tertiary/aromatic N) is 4. The summed E-state index contributed by atoms with van der Waals surface area (Å²) in [5.41, 5.74) is 1.87. The predicted octanol–water partition coefficient (Wildman–Crippen LogP) is 3.12. The number of nitro groups is 1. The fourth-order valence-electron chi connectivity index (χ4n) is 2.74.